The van der Waals surface area contributed by atoms with Crippen LogP contribution in [0.2, 0.25) is 10.0 Å². The molecule has 122 valence electrons. The first-order valence-corrected chi connectivity index (χ1v) is 8.40. The van der Waals surface area contributed by atoms with E-state index in [2.05, 4.69) is 9.80 Å². The van der Waals surface area contributed by atoms with Gasteiger partial charge in [0.15, 0.2) is 0 Å². The van der Waals surface area contributed by atoms with Crippen molar-refractivity contribution in [1.29, 1.82) is 0 Å². The van der Waals surface area contributed by atoms with Gasteiger partial charge in [0.1, 0.15) is 6.04 Å². The van der Waals surface area contributed by atoms with E-state index in [-0.39, 0.29) is 6.04 Å². The molecule has 1 fully saturated rings. The van der Waals surface area contributed by atoms with Gasteiger partial charge in [-0.1, -0.05) is 36.2 Å². The van der Waals surface area contributed by atoms with Gasteiger partial charge >= 0.3 is 5.97 Å². The Morgan fingerprint density at radius 1 is 1.23 bits per heavy atom. The van der Waals surface area contributed by atoms with E-state index < -0.39 is 5.97 Å². The van der Waals surface area contributed by atoms with Crippen molar-refractivity contribution >= 4 is 29.2 Å². The summed E-state index contributed by atoms with van der Waals surface area (Å²) >= 11 is 11.9. The highest BCUT2D eigenvalue weighted by Crippen LogP contribution is 2.23. The first-order valence-electron chi connectivity index (χ1n) is 7.64. The minimum Gasteiger partial charge on any atom is -0.480 e. The summed E-state index contributed by atoms with van der Waals surface area (Å²) in [6.45, 7) is 6.32. The van der Waals surface area contributed by atoms with E-state index in [0.717, 1.165) is 39.1 Å². The van der Waals surface area contributed by atoms with Crippen LogP contribution in [0.25, 0.3) is 0 Å². The van der Waals surface area contributed by atoms with Gasteiger partial charge in [-0.15, -0.1) is 0 Å². The smallest absolute Gasteiger partial charge is 0.320 e. The highest BCUT2D eigenvalue weighted by atomic mass is 35.5. The number of aliphatic carboxylic acids is 1. The second-order valence-corrected chi connectivity index (χ2v) is 6.45. The van der Waals surface area contributed by atoms with Gasteiger partial charge in [0.25, 0.3) is 0 Å². The fourth-order valence-electron chi connectivity index (χ4n) is 2.87. The number of benzene rings is 1. The first kappa shape index (κ1) is 17.5. The highest BCUT2D eigenvalue weighted by Gasteiger charge is 2.27. The zero-order valence-corrected chi connectivity index (χ0v) is 14.3. The molecule has 0 aliphatic carbocycles. The topological polar surface area (TPSA) is 43.8 Å². The van der Waals surface area contributed by atoms with E-state index in [1.165, 1.54) is 5.56 Å². The van der Waals surface area contributed by atoms with E-state index in [9.17, 15) is 9.90 Å². The largest absolute Gasteiger partial charge is 0.480 e. The van der Waals surface area contributed by atoms with Crippen molar-refractivity contribution in [3.8, 4) is 0 Å². The van der Waals surface area contributed by atoms with Gasteiger partial charge in [-0.2, -0.15) is 0 Å². The van der Waals surface area contributed by atoms with Gasteiger partial charge in [0.05, 0.1) is 10.0 Å². The number of piperazine rings is 1. The number of rotatable bonds is 6. The Labute approximate surface area is 141 Å². The van der Waals surface area contributed by atoms with Crippen molar-refractivity contribution in [2.45, 2.75) is 25.8 Å². The fourth-order valence-corrected chi connectivity index (χ4v) is 3.19. The zero-order valence-electron chi connectivity index (χ0n) is 12.8. The van der Waals surface area contributed by atoms with Gasteiger partial charge < -0.3 is 10.0 Å². The molecule has 0 saturated carbocycles. The average Bonchev–Trinajstić information content (AvgIpc) is 2.50. The maximum atomic E-state index is 11.2. The minimum atomic E-state index is -0.716. The van der Waals surface area contributed by atoms with Crippen LogP contribution in [0.5, 0.6) is 0 Å². The molecule has 0 amide bonds. The molecule has 1 aromatic rings. The van der Waals surface area contributed by atoms with E-state index in [0.29, 0.717) is 16.5 Å². The van der Waals surface area contributed by atoms with Crippen LogP contribution in [0.15, 0.2) is 18.2 Å². The summed E-state index contributed by atoms with van der Waals surface area (Å²) in [6, 6.07) is 5.40. The van der Waals surface area contributed by atoms with Crippen LogP contribution in [-0.4, -0.2) is 59.6 Å². The van der Waals surface area contributed by atoms with Crippen molar-refractivity contribution in [2.24, 2.45) is 0 Å². The van der Waals surface area contributed by atoms with Crippen molar-refractivity contribution in [3.05, 3.63) is 33.8 Å². The minimum absolute atomic E-state index is 0.350. The van der Waals surface area contributed by atoms with E-state index in [1.54, 1.807) is 0 Å². The summed E-state index contributed by atoms with van der Waals surface area (Å²) in [5.74, 6) is -0.716. The number of hydrogen-bond acceptors (Lipinski definition) is 3. The molecule has 2 rings (SSSR count). The molecule has 6 heteroatoms. The SMILES string of the molecule is CCC(C(=O)O)N1CCN(CCc2ccc(Cl)c(Cl)c2)CC1. The molecule has 1 saturated heterocycles. The third-order valence-corrected chi connectivity index (χ3v) is 4.96. The van der Waals surface area contributed by atoms with Gasteiger partial charge in [-0.25, -0.2) is 0 Å². The number of hydrogen-bond donors (Lipinski definition) is 1. The van der Waals surface area contributed by atoms with Crippen LogP contribution in [-0.2, 0) is 11.2 Å². The van der Waals surface area contributed by atoms with Gasteiger partial charge in [0.2, 0.25) is 0 Å². The molecule has 1 aromatic carbocycles. The van der Waals surface area contributed by atoms with Crippen LogP contribution >= 0.6 is 23.2 Å². The molecular weight excluding hydrogens is 323 g/mol. The number of carboxylic acid groups (broad SMARTS) is 1. The molecule has 0 bridgehead atoms. The Kier molecular flexibility index (Phi) is 6.50. The number of halogens is 2. The van der Waals surface area contributed by atoms with Crippen molar-refractivity contribution in [2.75, 3.05) is 32.7 Å². The summed E-state index contributed by atoms with van der Waals surface area (Å²) in [5, 5.41) is 10.4. The lowest BCUT2D eigenvalue weighted by Gasteiger charge is -2.37. The second kappa shape index (κ2) is 8.16. The Hall–Kier alpha value is -0.810. The lowest BCUT2D eigenvalue weighted by Crippen LogP contribution is -2.52. The number of nitrogens with zero attached hydrogens (tertiary/aromatic N) is 2. The van der Waals surface area contributed by atoms with Crippen molar-refractivity contribution in [1.82, 2.24) is 9.80 Å². The molecule has 0 aromatic heterocycles. The predicted octanol–water partition coefficient (Wildman–Crippen LogP) is 3.02. The van der Waals surface area contributed by atoms with Gasteiger partial charge in [-0.05, 0) is 30.5 Å². The molecule has 4 nitrogen and oxygen atoms in total. The van der Waals surface area contributed by atoms with Crippen LogP contribution < -0.4 is 0 Å². The fraction of sp³-hybridized carbons (Fsp3) is 0.562. The number of carbonyl (C=O) groups is 1. The maximum absolute atomic E-state index is 11.2. The summed E-state index contributed by atoms with van der Waals surface area (Å²) in [6.07, 6.45) is 1.58. The van der Waals surface area contributed by atoms with Crippen molar-refractivity contribution in [3.63, 3.8) is 0 Å². The molecule has 1 aliphatic rings. The lowest BCUT2D eigenvalue weighted by atomic mass is 10.1. The van der Waals surface area contributed by atoms with E-state index >= 15 is 0 Å². The second-order valence-electron chi connectivity index (χ2n) is 5.64. The molecule has 1 N–H and O–H groups in total. The predicted molar refractivity (Wildman–Crippen MR) is 89.9 cm³/mol. The van der Waals surface area contributed by atoms with Gasteiger partial charge in [0, 0.05) is 32.7 Å². The molecule has 1 aliphatic heterocycles. The Morgan fingerprint density at radius 3 is 2.45 bits per heavy atom. The maximum Gasteiger partial charge on any atom is 0.320 e. The standard InChI is InChI=1S/C16H22Cl2N2O2/c1-2-15(16(21)22)20-9-7-19(8-10-20)6-5-12-3-4-13(17)14(18)11-12/h3-4,11,15H,2,5-10H2,1H3,(H,21,22). The van der Waals surface area contributed by atoms with Crippen LogP contribution in [0.1, 0.15) is 18.9 Å². The lowest BCUT2D eigenvalue weighted by molar-refractivity contribution is -0.144. The van der Waals surface area contributed by atoms with Crippen LogP contribution in [0.3, 0.4) is 0 Å². The first-order chi connectivity index (χ1) is 10.5. The number of carboxylic acids is 1. The van der Waals surface area contributed by atoms with E-state index in [1.807, 2.05) is 25.1 Å². The molecule has 1 unspecified atom stereocenters. The molecule has 0 spiro atoms. The zero-order chi connectivity index (χ0) is 16.1. The molecule has 22 heavy (non-hydrogen) atoms. The molecule has 1 atom stereocenters. The summed E-state index contributed by atoms with van der Waals surface area (Å²) < 4.78 is 0. The van der Waals surface area contributed by atoms with E-state index in [4.69, 9.17) is 23.2 Å². The quantitative estimate of drug-likeness (QED) is 0.861. The molecular formula is C16H22Cl2N2O2. The average molecular weight is 345 g/mol. The summed E-state index contributed by atoms with van der Waals surface area (Å²) in [4.78, 5) is 15.6. The Bertz CT molecular complexity index is 517. The third kappa shape index (κ3) is 4.59. The summed E-state index contributed by atoms with van der Waals surface area (Å²) in [5.41, 5.74) is 1.17. The Balaban J connectivity index is 1.80. The van der Waals surface area contributed by atoms with Crippen LogP contribution in [0.4, 0.5) is 0 Å². The van der Waals surface area contributed by atoms with Gasteiger partial charge in [-0.3, -0.25) is 9.69 Å². The third-order valence-electron chi connectivity index (χ3n) is 4.22. The normalized spacial score (nSPS) is 18.3. The summed E-state index contributed by atoms with van der Waals surface area (Å²) in [7, 11) is 0. The molecule has 0 radical (unpaired) electrons. The molecule has 1 heterocycles. The highest BCUT2D eigenvalue weighted by molar-refractivity contribution is 6.42. The van der Waals surface area contributed by atoms with Crippen molar-refractivity contribution < 1.29 is 9.90 Å². The monoisotopic (exact) mass is 344 g/mol. The van der Waals surface area contributed by atoms with Crippen LogP contribution in [0, 0.1) is 0 Å². The Morgan fingerprint density at radius 2 is 1.91 bits per heavy atom.